The lowest BCUT2D eigenvalue weighted by molar-refractivity contribution is -0.148. The van der Waals surface area contributed by atoms with Gasteiger partial charge in [0, 0.05) is 25.6 Å². The maximum atomic E-state index is 11.8. The van der Waals surface area contributed by atoms with Crippen molar-refractivity contribution < 1.29 is 19.4 Å². The highest BCUT2D eigenvalue weighted by atomic mass is 16.5. The van der Waals surface area contributed by atoms with Gasteiger partial charge in [-0.2, -0.15) is 0 Å². The number of carboxylic acids is 1. The Balaban J connectivity index is 1.77. The smallest absolute Gasteiger partial charge is 0.311 e. The summed E-state index contributed by atoms with van der Waals surface area (Å²) in [5, 5.41) is 15.3. The minimum absolute atomic E-state index is 0.0399. The van der Waals surface area contributed by atoms with Gasteiger partial charge >= 0.3 is 5.97 Å². The zero-order valence-corrected chi connectivity index (χ0v) is 11.1. The molecule has 2 fully saturated rings. The van der Waals surface area contributed by atoms with E-state index in [1.165, 1.54) is 0 Å². The maximum absolute atomic E-state index is 11.8. The summed E-state index contributed by atoms with van der Waals surface area (Å²) in [5.74, 6) is -0.889. The topological polar surface area (TPSA) is 87.7 Å². The molecular weight excluding hydrogens is 248 g/mol. The summed E-state index contributed by atoms with van der Waals surface area (Å²) in [7, 11) is 0. The third kappa shape index (κ3) is 3.67. The second-order valence-corrected chi connectivity index (χ2v) is 5.50. The van der Waals surface area contributed by atoms with Crippen molar-refractivity contribution in [2.24, 2.45) is 5.41 Å². The first-order valence-corrected chi connectivity index (χ1v) is 6.94. The van der Waals surface area contributed by atoms with E-state index < -0.39 is 11.4 Å². The molecule has 1 heterocycles. The number of nitrogens with one attached hydrogen (secondary N) is 2. The first kappa shape index (κ1) is 14.3. The highest BCUT2D eigenvalue weighted by molar-refractivity contribution is 5.79. The first-order valence-electron chi connectivity index (χ1n) is 6.94. The molecule has 0 spiro atoms. The Labute approximate surface area is 112 Å². The molecule has 1 amide bonds. The molecule has 108 valence electrons. The summed E-state index contributed by atoms with van der Waals surface area (Å²) in [6.07, 6.45) is 3.52. The van der Waals surface area contributed by atoms with Crippen LogP contribution in [0.4, 0.5) is 0 Å². The Bertz CT molecular complexity index is 334. The van der Waals surface area contributed by atoms with Crippen molar-refractivity contribution in [3.8, 4) is 0 Å². The molecule has 0 radical (unpaired) electrons. The summed E-state index contributed by atoms with van der Waals surface area (Å²) < 4.78 is 5.28. The number of amides is 1. The number of hydrogen-bond donors (Lipinski definition) is 3. The third-order valence-corrected chi connectivity index (χ3v) is 4.07. The van der Waals surface area contributed by atoms with Gasteiger partial charge in [-0.15, -0.1) is 0 Å². The van der Waals surface area contributed by atoms with Crippen LogP contribution in [0.15, 0.2) is 0 Å². The van der Waals surface area contributed by atoms with Crippen LogP contribution in [0.1, 0.15) is 32.1 Å². The van der Waals surface area contributed by atoms with Gasteiger partial charge in [0.1, 0.15) is 0 Å². The van der Waals surface area contributed by atoms with E-state index in [0.29, 0.717) is 32.5 Å². The average molecular weight is 270 g/mol. The Morgan fingerprint density at radius 2 is 2.11 bits per heavy atom. The molecule has 2 aliphatic rings. The summed E-state index contributed by atoms with van der Waals surface area (Å²) in [4.78, 5) is 23.2. The molecule has 1 aliphatic heterocycles. The van der Waals surface area contributed by atoms with Crippen molar-refractivity contribution in [1.29, 1.82) is 0 Å². The predicted octanol–water partition coefficient (Wildman–Crippen LogP) is 0.126. The molecule has 6 heteroatoms. The summed E-state index contributed by atoms with van der Waals surface area (Å²) >= 11 is 0. The van der Waals surface area contributed by atoms with Gasteiger partial charge < -0.3 is 20.5 Å². The van der Waals surface area contributed by atoms with E-state index in [9.17, 15) is 14.7 Å². The van der Waals surface area contributed by atoms with E-state index >= 15 is 0 Å². The van der Waals surface area contributed by atoms with Crippen molar-refractivity contribution >= 4 is 11.9 Å². The molecule has 3 N–H and O–H groups in total. The molecule has 0 aromatic heterocycles. The quantitative estimate of drug-likeness (QED) is 0.661. The van der Waals surface area contributed by atoms with Crippen LogP contribution in [0.3, 0.4) is 0 Å². The molecule has 6 nitrogen and oxygen atoms in total. The molecule has 19 heavy (non-hydrogen) atoms. The van der Waals surface area contributed by atoms with E-state index in [0.717, 1.165) is 19.4 Å². The molecule has 2 rings (SSSR count). The maximum Gasteiger partial charge on any atom is 0.311 e. The monoisotopic (exact) mass is 270 g/mol. The van der Waals surface area contributed by atoms with E-state index in [-0.39, 0.29) is 18.5 Å². The lowest BCUT2D eigenvalue weighted by Crippen LogP contribution is -2.46. The standard InChI is InChI=1S/C13H22N2O4/c16-11(7-10-8-19-6-5-14-10)15-9-13(12(17)18)3-1-2-4-13/h10,14H,1-9H2,(H,15,16)(H,17,18). The number of carbonyl (C=O) groups excluding carboxylic acids is 1. The van der Waals surface area contributed by atoms with E-state index in [4.69, 9.17) is 4.74 Å². The Morgan fingerprint density at radius 3 is 2.68 bits per heavy atom. The number of carboxylic acid groups (broad SMARTS) is 1. The number of hydrogen-bond acceptors (Lipinski definition) is 4. The summed E-state index contributed by atoms with van der Waals surface area (Å²) in [6, 6.07) is 0.0399. The second kappa shape index (κ2) is 6.34. The van der Waals surface area contributed by atoms with Crippen molar-refractivity contribution in [2.75, 3.05) is 26.3 Å². The minimum Gasteiger partial charge on any atom is -0.481 e. The highest BCUT2D eigenvalue weighted by Gasteiger charge is 2.41. The largest absolute Gasteiger partial charge is 0.481 e. The van der Waals surface area contributed by atoms with Crippen LogP contribution < -0.4 is 10.6 Å². The number of aliphatic carboxylic acids is 1. The van der Waals surface area contributed by atoms with E-state index in [1.807, 2.05) is 0 Å². The fourth-order valence-corrected chi connectivity index (χ4v) is 2.83. The Hall–Kier alpha value is -1.14. The van der Waals surface area contributed by atoms with Gasteiger partial charge in [-0.05, 0) is 12.8 Å². The zero-order valence-electron chi connectivity index (χ0n) is 11.1. The Morgan fingerprint density at radius 1 is 1.37 bits per heavy atom. The van der Waals surface area contributed by atoms with Gasteiger partial charge in [0.25, 0.3) is 0 Å². The lowest BCUT2D eigenvalue weighted by atomic mass is 9.86. The lowest BCUT2D eigenvalue weighted by Gasteiger charge is -2.26. The highest BCUT2D eigenvalue weighted by Crippen LogP contribution is 2.37. The van der Waals surface area contributed by atoms with Crippen LogP contribution in [-0.4, -0.2) is 49.3 Å². The van der Waals surface area contributed by atoms with Gasteiger partial charge in [0.05, 0.1) is 18.6 Å². The predicted molar refractivity (Wildman–Crippen MR) is 68.8 cm³/mol. The fourth-order valence-electron chi connectivity index (χ4n) is 2.83. The molecule has 0 aromatic rings. The minimum atomic E-state index is -0.788. The molecular formula is C13H22N2O4. The van der Waals surface area contributed by atoms with Gasteiger partial charge in [-0.3, -0.25) is 9.59 Å². The molecule has 1 saturated carbocycles. The van der Waals surface area contributed by atoms with Crippen LogP contribution >= 0.6 is 0 Å². The van der Waals surface area contributed by atoms with Crippen LogP contribution in [0, 0.1) is 5.41 Å². The fraction of sp³-hybridized carbons (Fsp3) is 0.846. The number of rotatable bonds is 5. The molecule has 1 aliphatic carbocycles. The molecule has 0 bridgehead atoms. The van der Waals surface area contributed by atoms with Crippen molar-refractivity contribution in [1.82, 2.24) is 10.6 Å². The average Bonchev–Trinajstić information content (AvgIpc) is 2.88. The van der Waals surface area contributed by atoms with E-state index in [1.54, 1.807) is 0 Å². The number of morpholine rings is 1. The zero-order chi connectivity index (χ0) is 13.7. The second-order valence-electron chi connectivity index (χ2n) is 5.50. The third-order valence-electron chi connectivity index (χ3n) is 4.07. The normalized spacial score (nSPS) is 26.0. The molecule has 1 unspecified atom stereocenters. The van der Waals surface area contributed by atoms with Crippen LogP contribution in [-0.2, 0) is 14.3 Å². The molecule has 1 atom stereocenters. The van der Waals surface area contributed by atoms with Crippen molar-refractivity contribution in [2.45, 2.75) is 38.1 Å². The summed E-state index contributed by atoms with van der Waals surface area (Å²) in [6.45, 7) is 2.23. The van der Waals surface area contributed by atoms with E-state index in [2.05, 4.69) is 10.6 Å². The van der Waals surface area contributed by atoms with Crippen molar-refractivity contribution in [3.63, 3.8) is 0 Å². The van der Waals surface area contributed by atoms with Gasteiger partial charge in [-0.25, -0.2) is 0 Å². The van der Waals surface area contributed by atoms with Gasteiger partial charge in [-0.1, -0.05) is 12.8 Å². The van der Waals surface area contributed by atoms with Crippen molar-refractivity contribution in [3.05, 3.63) is 0 Å². The van der Waals surface area contributed by atoms with Crippen LogP contribution in [0.5, 0.6) is 0 Å². The van der Waals surface area contributed by atoms with Gasteiger partial charge in [0.15, 0.2) is 0 Å². The summed E-state index contributed by atoms with van der Waals surface area (Å²) in [5.41, 5.74) is -0.744. The number of ether oxygens (including phenoxy) is 1. The first-order chi connectivity index (χ1) is 9.12. The molecule has 0 aromatic carbocycles. The number of carbonyl (C=O) groups is 2. The SMILES string of the molecule is O=C(CC1COCCN1)NCC1(C(=O)O)CCCC1. The molecule has 1 saturated heterocycles. The van der Waals surface area contributed by atoms with Crippen LogP contribution in [0.2, 0.25) is 0 Å². The van der Waals surface area contributed by atoms with Crippen LogP contribution in [0.25, 0.3) is 0 Å². The van der Waals surface area contributed by atoms with Gasteiger partial charge in [0.2, 0.25) is 5.91 Å². The Kier molecular flexibility index (Phi) is 4.76.